The summed E-state index contributed by atoms with van der Waals surface area (Å²) in [7, 11) is 0. The second kappa shape index (κ2) is 10.4. The molecule has 8 heteroatoms. The van der Waals surface area contributed by atoms with Gasteiger partial charge in [0.05, 0.1) is 24.9 Å². The van der Waals surface area contributed by atoms with Crippen molar-refractivity contribution in [2.75, 3.05) is 44.6 Å². The van der Waals surface area contributed by atoms with E-state index in [0.717, 1.165) is 37.4 Å². The monoisotopic (exact) mass is 430 g/mol. The van der Waals surface area contributed by atoms with Crippen LogP contribution < -0.4 is 5.32 Å². The van der Waals surface area contributed by atoms with Crippen molar-refractivity contribution in [3.8, 4) is 0 Å². The van der Waals surface area contributed by atoms with Gasteiger partial charge in [-0.1, -0.05) is 12.1 Å². The molecule has 0 bridgehead atoms. The Morgan fingerprint density at radius 2 is 1.97 bits per heavy atom. The number of benzene rings is 1. The van der Waals surface area contributed by atoms with E-state index < -0.39 is 6.10 Å². The van der Waals surface area contributed by atoms with E-state index in [4.69, 9.17) is 9.15 Å². The number of hydrogen-bond donors (Lipinski definition) is 2. The normalized spacial score (nSPS) is 16.9. The zero-order chi connectivity index (χ0) is 22.4. The molecule has 0 spiro atoms. The Morgan fingerprint density at radius 1 is 1.26 bits per heavy atom. The molecule has 0 saturated carbocycles. The molecule has 1 aromatic carbocycles. The molecule has 2 aromatic rings. The Labute approximate surface area is 184 Å². The van der Waals surface area contributed by atoms with E-state index in [1.54, 1.807) is 0 Å². The smallest absolute Gasteiger partial charge is 0.277 e. The second-order valence-corrected chi connectivity index (χ2v) is 9.10. The highest BCUT2D eigenvalue weighted by molar-refractivity contribution is 6.02. The number of piperazine rings is 1. The summed E-state index contributed by atoms with van der Waals surface area (Å²) in [6.07, 6.45) is 0.912. The van der Waals surface area contributed by atoms with Crippen molar-refractivity contribution in [1.29, 1.82) is 0 Å². The molecule has 3 rings (SSSR count). The lowest BCUT2D eigenvalue weighted by atomic mass is 10.2. The lowest BCUT2D eigenvalue weighted by Gasteiger charge is -2.35. The fourth-order valence-electron chi connectivity index (χ4n) is 3.42. The highest BCUT2D eigenvalue weighted by atomic mass is 16.5. The molecule has 1 saturated heterocycles. The summed E-state index contributed by atoms with van der Waals surface area (Å²) in [6.45, 7) is 12.8. The van der Waals surface area contributed by atoms with E-state index in [1.807, 2.05) is 52.0 Å². The summed E-state index contributed by atoms with van der Waals surface area (Å²) < 4.78 is 11.2. The first kappa shape index (κ1) is 23.4. The Kier molecular flexibility index (Phi) is 7.83. The topological polar surface area (TPSA) is 91.1 Å². The molecule has 170 valence electrons. The molecule has 1 fully saturated rings. The number of carbonyl (C=O) groups is 1. The van der Waals surface area contributed by atoms with Crippen molar-refractivity contribution in [2.24, 2.45) is 0 Å². The zero-order valence-corrected chi connectivity index (χ0v) is 18.9. The number of β-amino-alcohol motifs (C(OH)–C–C–N with tert-alkyl or cyclic N) is 1. The predicted molar refractivity (Wildman–Crippen MR) is 119 cm³/mol. The Bertz CT molecular complexity index is 853. The van der Waals surface area contributed by atoms with Crippen molar-refractivity contribution in [3.05, 3.63) is 47.7 Å². The summed E-state index contributed by atoms with van der Waals surface area (Å²) in [4.78, 5) is 21.2. The maximum absolute atomic E-state index is 12.4. The Morgan fingerprint density at radius 3 is 2.65 bits per heavy atom. The number of ether oxygens (including phenoxy) is 1. The number of nitrogens with one attached hydrogen (secondary N) is 1. The number of amides is 1. The van der Waals surface area contributed by atoms with Crippen LogP contribution >= 0.6 is 0 Å². The standard InChI is InChI=1S/C23H34N4O4/c1-17-6-5-7-18(12-17)24-22(29)20-16-30-21(25-20)14-27-10-8-26(9-11-27)13-19(28)15-31-23(2,3)4/h5-7,12,16,19,28H,8-11,13-15H2,1-4H3,(H,24,29). The average Bonchev–Trinajstić information content (AvgIpc) is 3.16. The SMILES string of the molecule is Cc1cccc(NC(=O)c2coc(CN3CCN(CC(O)COC(C)(C)C)CC3)n2)c1. The van der Waals surface area contributed by atoms with Crippen LogP contribution in [0.1, 0.15) is 42.7 Å². The van der Waals surface area contributed by atoms with Gasteiger partial charge in [-0.05, 0) is 45.4 Å². The molecule has 2 N–H and O–H groups in total. The molecular formula is C23H34N4O4. The van der Waals surface area contributed by atoms with Crippen molar-refractivity contribution in [1.82, 2.24) is 14.8 Å². The number of anilines is 1. The lowest BCUT2D eigenvalue weighted by molar-refractivity contribution is -0.0588. The molecule has 31 heavy (non-hydrogen) atoms. The molecule has 0 aliphatic carbocycles. The molecular weight excluding hydrogens is 396 g/mol. The van der Waals surface area contributed by atoms with Crippen LogP contribution in [0.3, 0.4) is 0 Å². The van der Waals surface area contributed by atoms with Crippen LogP contribution in [0.5, 0.6) is 0 Å². The maximum atomic E-state index is 12.4. The number of oxazole rings is 1. The van der Waals surface area contributed by atoms with Gasteiger partial charge in [-0.15, -0.1) is 0 Å². The van der Waals surface area contributed by atoms with Gasteiger partial charge in [-0.2, -0.15) is 0 Å². The van der Waals surface area contributed by atoms with Gasteiger partial charge in [0.25, 0.3) is 5.91 Å². The number of nitrogens with zero attached hydrogens (tertiary/aromatic N) is 3. The van der Waals surface area contributed by atoms with Crippen molar-refractivity contribution < 1.29 is 19.1 Å². The van der Waals surface area contributed by atoms with E-state index in [9.17, 15) is 9.90 Å². The van der Waals surface area contributed by atoms with Gasteiger partial charge in [-0.3, -0.25) is 14.6 Å². The van der Waals surface area contributed by atoms with Gasteiger partial charge >= 0.3 is 0 Å². The molecule has 0 radical (unpaired) electrons. The number of aromatic nitrogens is 1. The molecule has 1 aromatic heterocycles. The van der Waals surface area contributed by atoms with Gasteiger partial charge in [0, 0.05) is 38.4 Å². The number of hydrogen-bond acceptors (Lipinski definition) is 7. The molecule has 2 heterocycles. The Balaban J connectivity index is 1.42. The number of aryl methyl sites for hydroxylation is 1. The van der Waals surface area contributed by atoms with E-state index in [-0.39, 0.29) is 17.2 Å². The highest BCUT2D eigenvalue weighted by Gasteiger charge is 2.22. The molecule has 1 aliphatic rings. The second-order valence-electron chi connectivity index (χ2n) is 9.10. The van der Waals surface area contributed by atoms with Crippen LogP contribution in [-0.2, 0) is 11.3 Å². The molecule has 1 aliphatic heterocycles. The van der Waals surface area contributed by atoms with Gasteiger partial charge < -0.3 is 19.6 Å². The van der Waals surface area contributed by atoms with Crippen molar-refractivity contribution in [3.63, 3.8) is 0 Å². The molecule has 1 atom stereocenters. The molecule has 1 amide bonds. The first-order valence-electron chi connectivity index (χ1n) is 10.8. The van der Waals surface area contributed by atoms with Crippen LogP contribution in [0.4, 0.5) is 5.69 Å². The van der Waals surface area contributed by atoms with Crippen LogP contribution in [0, 0.1) is 6.92 Å². The number of rotatable bonds is 8. The number of carbonyl (C=O) groups excluding carboxylic acids is 1. The summed E-state index contributed by atoms with van der Waals surface area (Å²) in [5.74, 6) is 0.248. The van der Waals surface area contributed by atoms with E-state index in [0.29, 0.717) is 25.6 Å². The van der Waals surface area contributed by atoms with Crippen molar-refractivity contribution in [2.45, 2.75) is 45.9 Å². The molecule has 1 unspecified atom stereocenters. The third-order valence-corrected chi connectivity index (χ3v) is 5.06. The van der Waals surface area contributed by atoms with Gasteiger partial charge in [0.2, 0.25) is 5.89 Å². The van der Waals surface area contributed by atoms with Gasteiger partial charge in [0.1, 0.15) is 6.26 Å². The van der Waals surface area contributed by atoms with Crippen molar-refractivity contribution >= 4 is 11.6 Å². The van der Waals surface area contributed by atoms with Crippen LogP contribution in [-0.4, -0.2) is 76.8 Å². The fraction of sp³-hybridized carbons (Fsp3) is 0.565. The average molecular weight is 431 g/mol. The third kappa shape index (κ3) is 7.74. The maximum Gasteiger partial charge on any atom is 0.277 e. The number of aliphatic hydroxyl groups is 1. The fourth-order valence-corrected chi connectivity index (χ4v) is 3.42. The van der Waals surface area contributed by atoms with Crippen LogP contribution in [0.25, 0.3) is 0 Å². The summed E-state index contributed by atoms with van der Waals surface area (Å²) in [5, 5.41) is 13.0. The van der Waals surface area contributed by atoms with Crippen LogP contribution in [0.15, 0.2) is 34.9 Å². The first-order valence-corrected chi connectivity index (χ1v) is 10.8. The van der Waals surface area contributed by atoms with E-state index >= 15 is 0 Å². The van der Waals surface area contributed by atoms with E-state index in [2.05, 4.69) is 20.1 Å². The molecule has 8 nitrogen and oxygen atoms in total. The largest absolute Gasteiger partial charge is 0.447 e. The summed E-state index contributed by atoms with van der Waals surface area (Å²) in [6, 6.07) is 7.63. The quantitative estimate of drug-likeness (QED) is 0.665. The zero-order valence-electron chi connectivity index (χ0n) is 18.9. The van der Waals surface area contributed by atoms with Gasteiger partial charge in [-0.25, -0.2) is 4.98 Å². The minimum absolute atomic E-state index is 0.245. The summed E-state index contributed by atoms with van der Waals surface area (Å²) in [5.41, 5.74) is 1.84. The minimum Gasteiger partial charge on any atom is -0.447 e. The summed E-state index contributed by atoms with van der Waals surface area (Å²) >= 11 is 0. The predicted octanol–water partition coefficient (Wildman–Crippen LogP) is 2.53. The lowest BCUT2D eigenvalue weighted by Crippen LogP contribution is -2.49. The number of aliphatic hydroxyl groups excluding tert-OH is 1. The minimum atomic E-state index is -0.494. The third-order valence-electron chi connectivity index (χ3n) is 5.06. The Hall–Kier alpha value is -2.26. The van der Waals surface area contributed by atoms with Crippen LogP contribution in [0.2, 0.25) is 0 Å². The van der Waals surface area contributed by atoms with E-state index in [1.165, 1.54) is 6.26 Å². The highest BCUT2D eigenvalue weighted by Crippen LogP contribution is 2.14. The first-order chi connectivity index (χ1) is 14.7. The van der Waals surface area contributed by atoms with Gasteiger partial charge in [0.15, 0.2) is 5.69 Å².